The summed E-state index contributed by atoms with van der Waals surface area (Å²) < 4.78 is 16.3. The number of rotatable bonds is 7. The molecule has 1 heterocycles. The van der Waals surface area contributed by atoms with Crippen LogP contribution in [0.15, 0.2) is 48.5 Å². The molecule has 0 spiro atoms. The molecule has 1 fully saturated rings. The molecule has 1 saturated heterocycles. The molecule has 29 heavy (non-hydrogen) atoms. The van der Waals surface area contributed by atoms with Crippen LogP contribution in [0.5, 0.6) is 11.5 Å². The molecule has 0 aliphatic carbocycles. The van der Waals surface area contributed by atoms with E-state index in [1.165, 1.54) is 0 Å². The van der Waals surface area contributed by atoms with Crippen LogP contribution in [-0.2, 0) is 9.53 Å². The van der Waals surface area contributed by atoms with E-state index in [0.29, 0.717) is 22.6 Å². The van der Waals surface area contributed by atoms with Gasteiger partial charge in [-0.25, -0.2) is 4.79 Å². The van der Waals surface area contributed by atoms with Gasteiger partial charge in [-0.2, -0.15) is 0 Å². The van der Waals surface area contributed by atoms with Crippen molar-refractivity contribution in [3.8, 4) is 22.6 Å². The topological polar surface area (TPSA) is 146 Å². The molecule has 0 saturated carbocycles. The highest BCUT2D eigenvalue weighted by Crippen LogP contribution is 2.34. The maximum absolute atomic E-state index is 10.7. The average molecular weight is 406 g/mol. The fourth-order valence-electron chi connectivity index (χ4n) is 3.00. The van der Waals surface area contributed by atoms with Gasteiger partial charge in [0, 0.05) is 5.56 Å². The Morgan fingerprint density at radius 2 is 1.76 bits per heavy atom. The number of carbonyl (C=O) groups is 1. The summed E-state index contributed by atoms with van der Waals surface area (Å²) in [5.41, 5.74) is 1.26. The number of carboxylic acids is 1. The fourth-order valence-corrected chi connectivity index (χ4v) is 3.00. The van der Waals surface area contributed by atoms with E-state index >= 15 is 0 Å². The summed E-state index contributed by atoms with van der Waals surface area (Å²) in [5.74, 6) is -0.429. The Balaban J connectivity index is 1.84. The van der Waals surface area contributed by atoms with Crippen LogP contribution >= 0.6 is 0 Å². The van der Waals surface area contributed by atoms with Crippen molar-refractivity contribution in [2.45, 2.75) is 30.7 Å². The van der Waals surface area contributed by atoms with Gasteiger partial charge >= 0.3 is 5.97 Å². The molecular formula is C20H22O9. The molecule has 0 amide bonds. The molecule has 0 bridgehead atoms. The van der Waals surface area contributed by atoms with Crippen LogP contribution in [0.3, 0.4) is 0 Å². The SMILES string of the molecule is O=C(O)COc1cccc(-c2ccccc2O[C@@H]2O[C@H](CO)[C@@H](O)[C@H](O)[C@@H]2O)c1. The number of benzene rings is 2. The highest BCUT2D eigenvalue weighted by atomic mass is 16.7. The zero-order chi connectivity index (χ0) is 21.0. The van der Waals surface area contributed by atoms with Gasteiger partial charge in [-0.15, -0.1) is 0 Å². The van der Waals surface area contributed by atoms with Crippen molar-refractivity contribution < 1.29 is 44.5 Å². The van der Waals surface area contributed by atoms with Gasteiger partial charge in [-0.1, -0.05) is 30.3 Å². The normalized spacial score (nSPS) is 26.7. The summed E-state index contributed by atoms with van der Waals surface area (Å²) in [6.07, 6.45) is -6.97. The van der Waals surface area contributed by atoms with Crippen molar-refractivity contribution in [2.24, 2.45) is 0 Å². The van der Waals surface area contributed by atoms with Crippen molar-refractivity contribution in [1.82, 2.24) is 0 Å². The average Bonchev–Trinajstić information content (AvgIpc) is 2.73. The second-order valence-electron chi connectivity index (χ2n) is 6.52. The van der Waals surface area contributed by atoms with Gasteiger partial charge in [-0.3, -0.25) is 0 Å². The van der Waals surface area contributed by atoms with Gasteiger partial charge in [0.2, 0.25) is 6.29 Å². The van der Waals surface area contributed by atoms with E-state index in [1.807, 2.05) is 0 Å². The van der Waals surface area contributed by atoms with E-state index < -0.39 is 49.9 Å². The van der Waals surface area contributed by atoms with Crippen molar-refractivity contribution in [2.75, 3.05) is 13.2 Å². The van der Waals surface area contributed by atoms with Crippen LogP contribution in [-0.4, -0.2) is 75.4 Å². The Labute approximate surface area is 166 Å². The van der Waals surface area contributed by atoms with Crippen LogP contribution in [0, 0.1) is 0 Å². The summed E-state index contributed by atoms with van der Waals surface area (Å²) in [5, 5.41) is 48.1. The van der Waals surface area contributed by atoms with Crippen molar-refractivity contribution in [1.29, 1.82) is 0 Å². The lowest BCUT2D eigenvalue weighted by Crippen LogP contribution is -2.60. The minimum Gasteiger partial charge on any atom is -0.482 e. The highest BCUT2D eigenvalue weighted by Gasteiger charge is 2.44. The van der Waals surface area contributed by atoms with Crippen LogP contribution in [0.4, 0.5) is 0 Å². The summed E-state index contributed by atoms with van der Waals surface area (Å²) in [6.45, 7) is -1.04. The van der Waals surface area contributed by atoms with Crippen molar-refractivity contribution >= 4 is 5.97 Å². The molecule has 1 aliphatic rings. The minimum absolute atomic E-state index is 0.312. The first-order valence-corrected chi connectivity index (χ1v) is 8.92. The molecule has 0 aromatic heterocycles. The lowest BCUT2D eigenvalue weighted by Gasteiger charge is -2.39. The number of hydrogen-bond acceptors (Lipinski definition) is 8. The molecule has 5 N–H and O–H groups in total. The predicted octanol–water partition coefficient (Wildman–Crippen LogP) is -0.00430. The van der Waals surface area contributed by atoms with Crippen LogP contribution in [0.25, 0.3) is 11.1 Å². The van der Waals surface area contributed by atoms with Gasteiger partial charge in [0.05, 0.1) is 6.61 Å². The summed E-state index contributed by atoms with van der Waals surface area (Å²) in [4.78, 5) is 10.7. The molecule has 5 atom stereocenters. The lowest BCUT2D eigenvalue weighted by atomic mass is 9.99. The quantitative estimate of drug-likeness (QED) is 0.429. The van der Waals surface area contributed by atoms with Crippen LogP contribution in [0.2, 0.25) is 0 Å². The van der Waals surface area contributed by atoms with Crippen LogP contribution < -0.4 is 9.47 Å². The third kappa shape index (κ3) is 4.84. The van der Waals surface area contributed by atoms with Crippen molar-refractivity contribution in [3.63, 3.8) is 0 Å². The molecular weight excluding hydrogens is 384 g/mol. The van der Waals surface area contributed by atoms with E-state index in [9.17, 15) is 25.2 Å². The number of aliphatic carboxylic acids is 1. The van der Waals surface area contributed by atoms with Crippen LogP contribution in [0.1, 0.15) is 0 Å². The Bertz CT molecular complexity index is 838. The Kier molecular flexibility index (Phi) is 6.68. The first-order valence-electron chi connectivity index (χ1n) is 8.92. The first kappa shape index (κ1) is 21.0. The zero-order valence-electron chi connectivity index (χ0n) is 15.3. The molecule has 2 aromatic carbocycles. The number of aliphatic hydroxyl groups excluding tert-OH is 4. The number of ether oxygens (including phenoxy) is 3. The zero-order valence-corrected chi connectivity index (χ0v) is 15.3. The molecule has 1 aliphatic heterocycles. The Morgan fingerprint density at radius 1 is 1.00 bits per heavy atom. The largest absolute Gasteiger partial charge is 0.482 e. The van der Waals surface area contributed by atoms with Gasteiger partial charge in [0.1, 0.15) is 35.9 Å². The minimum atomic E-state index is -1.55. The first-order chi connectivity index (χ1) is 13.9. The lowest BCUT2D eigenvalue weighted by molar-refractivity contribution is -0.277. The number of para-hydroxylation sites is 1. The number of carboxylic acid groups (broad SMARTS) is 1. The number of aliphatic hydroxyl groups is 4. The van der Waals surface area contributed by atoms with E-state index in [1.54, 1.807) is 48.5 Å². The monoisotopic (exact) mass is 406 g/mol. The summed E-state index contributed by atoms with van der Waals surface area (Å²) >= 11 is 0. The molecule has 9 nitrogen and oxygen atoms in total. The second-order valence-corrected chi connectivity index (χ2v) is 6.52. The third-order valence-electron chi connectivity index (χ3n) is 4.49. The highest BCUT2D eigenvalue weighted by molar-refractivity contribution is 5.72. The molecule has 2 aromatic rings. The van der Waals surface area contributed by atoms with E-state index in [-0.39, 0.29) is 0 Å². The predicted molar refractivity (Wildman–Crippen MR) is 99.4 cm³/mol. The van der Waals surface area contributed by atoms with Crippen molar-refractivity contribution in [3.05, 3.63) is 48.5 Å². The van der Waals surface area contributed by atoms with Gasteiger partial charge in [0.15, 0.2) is 6.61 Å². The van der Waals surface area contributed by atoms with E-state index in [4.69, 9.17) is 19.3 Å². The maximum Gasteiger partial charge on any atom is 0.341 e. The molecule has 3 rings (SSSR count). The summed E-state index contributed by atoms with van der Waals surface area (Å²) in [6, 6.07) is 13.6. The smallest absolute Gasteiger partial charge is 0.341 e. The van der Waals surface area contributed by atoms with Gasteiger partial charge in [0.25, 0.3) is 0 Å². The molecule has 0 unspecified atom stereocenters. The standard InChI is InChI=1S/C20H22O9/c21-9-15-17(24)18(25)19(26)20(29-15)28-14-7-2-1-6-13(14)11-4-3-5-12(8-11)27-10-16(22)23/h1-8,15,17-21,24-26H,9-10H2,(H,22,23)/t15-,17-,18+,19+,20-/m1/s1. The number of hydrogen-bond donors (Lipinski definition) is 5. The van der Waals surface area contributed by atoms with E-state index in [2.05, 4.69) is 0 Å². The third-order valence-corrected chi connectivity index (χ3v) is 4.49. The summed E-state index contributed by atoms with van der Waals surface area (Å²) in [7, 11) is 0. The molecule has 156 valence electrons. The molecule has 0 radical (unpaired) electrons. The fraction of sp³-hybridized carbons (Fsp3) is 0.350. The van der Waals surface area contributed by atoms with Gasteiger partial charge < -0.3 is 39.7 Å². The van der Waals surface area contributed by atoms with E-state index in [0.717, 1.165) is 0 Å². The van der Waals surface area contributed by atoms with Gasteiger partial charge in [-0.05, 0) is 23.8 Å². The second kappa shape index (κ2) is 9.21. The molecule has 9 heteroatoms. The Morgan fingerprint density at radius 3 is 2.48 bits per heavy atom. The maximum atomic E-state index is 10.7. The Hall–Kier alpha value is -2.69.